The first kappa shape index (κ1) is 16.5. The van der Waals surface area contributed by atoms with E-state index in [-0.39, 0.29) is 16.8 Å². The summed E-state index contributed by atoms with van der Waals surface area (Å²) in [5.41, 5.74) is 0.0606. The van der Waals surface area contributed by atoms with Crippen molar-refractivity contribution < 1.29 is 12.8 Å². The normalized spacial score (nSPS) is 20.4. The van der Waals surface area contributed by atoms with Gasteiger partial charge in [-0.1, -0.05) is 18.0 Å². The topological polar surface area (TPSA) is 61.4 Å². The first-order valence-electron chi connectivity index (χ1n) is 6.83. The van der Waals surface area contributed by atoms with Gasteiger partial charge in [-0.25, -0.2) is 4.39 Å². The van der Waals surface area contributed by atoms with Crippen molar-refractivity contribution in [1.82, 2.24) is 9.62 Å². The quantitative estimate of drug-likeness (QED) is 0.867. The molecule has 5 nitrogen and oxygen atoms in total. The van der Waals surface area contributed by atoms with E-state index in [9.17, 15) is 12.8 Å². The number of hydrogen-bond acceptors (Lipinski definition) is 3. The Labute approximate surface area is 129 Å². The van der Waals surface area contributed by atoms with E-state index in [1.165, 1.54) is 16.4 Å². The zero-order chi connectivity index (χ0) is 15.5. The van der Waals surface area contributed by atoms with Gasteiger partial charge in [-0.15, -0.1) is 0 Å². The van der Waals surface area contributed by atoms with Crippen molar-refractivity contribution in [2.75, 3.05) is 24.9 Å². The van der Waals surface area contributed by atoms with Crippen molar-refractivity contribution in [2.45, 2.75) is 25.3 Å². The van der Waals surface area contributed by atoms with Crippen LogP contribution < -0.4 is 10.0 Å². The summed E-state index contributed by atoms with van der Waals surface area (Å²) in [5, 5.41) is 3.17. The monoisotopic (exact) mass is 335 g/mol. The largest absolute Gasteiger partial charge is 0.318 e. The molecule has 2 rings (SSSR count). The van der Waals surface area contributed by atoms with Gasteiger partial charge in [0.15, 0.2) is 0 Å². The molecule has 0 amide bonds. The summed E-state index contributed by atoms with van der Waals surface area (Å²) in [6, 6.07) is 3.49. The number of nitrogens with one attached hydrogen (secondary N) is 2. The number of piperidine rings is 1. The van der Waals surface area contributed by atoms with Crippen LogP contribution in [0, 0.1) is 5.82 Å². The van der Waals surface area contributed by atoms with Gasteiger partial charge >= 0.3 is 10.2 Å². The maximum absolute atomic E-state index is 13.2. The van der Waals surface area contributed by atoms with Crippen molar-refractivity contribution in [3.63, 3.8) is 0 Å². The van der Waals surface area contributed by atoms with E-state index < -0.39 is 16.0 Å². The van der Waals surface area contributed by atoms with Crippen LogP contribution in [0.25, 0.3) is 0 Å². The molecule has 0 saturated carbocycles. The second-order valence-corrected chi connectivity index (χ2v) is 7.08. The van der Waals surface area contributed by atoms with Crippen LogP contribution in [0.5, 0.6) is 0 Å². The van der Waals surface area contributed by atoms with E-state index in [1.54, 1.807) is 7.05 Å². The highest BCUT2D eigenvalue weighted by atomic mass is 35.5. The third kappa shape index (κ3) is 4.06. The molecule has 0 bridgehead atoms. The second-order valence-electron chi connectivity index (χ2n) is 5.05. The predicted molar refractivity (Wildman–Crippen MR) is 82.2 cm³/mol. The lowest BCUT2D eigenvalue weighted by atomic mass is 10.1. The summed E-state index contributed by atoms with van der Waals surface area (Å²) in [4.78, 5) is 0. The highest BCUT2D eigenvalue weighted by Crippen LogP contribution is 2.26. The van der Waals surface area contributed by atoms with Crippen molar-refractivity contribution in [3.8, 4) is 0 Å². The van der Waals surface area contributed by atoms with Gasteiger partial charge in [0.1, 0.15) is 5.82 Å². The Morgan fingerprint density at radius 3 is 2.90 bits per heavy atom. The van der Waals surface area contributed by atoms with Gasteiger partial charge in [0, 0.05) is 19.1 Å². The number of likely N-dealkylation sites (N-methyl/N-ethyl adjacent to an activating group) is 1. The lowest BCUT2D eigenvalue weighted by Gasteiger charge is -2.34. The van der Waals surface area contributed by atoms with Crippen molar-refractivity contribution in [3.05, 3.63) is 29.0 Å². The maximum atomic E-state index is 13.2. The molecule has 0 spiro atoms. The molecule has 1 atom stereocenters. The van der Waals surface area contributed by atoms with Crippen LogP contribution in [0.15, 0.2) is 18.2 Å². The number of anilines is 1. The van der Waals surface area contributed by atoms with Crippen molar-refractivity contribution in [1.29, 1.82) is 0 Å². The molecule has 1 fully saturated rings. The molecule has 1 heterocycles. The zero-order valence-electron chi connectivity index (χ0n) is 11.8. The van der Waals surface area contributed by atoms with Gasteiger partial charge in [0.25, 0.3) is 0 Å². The van der Waals surface area contributed by atoms with E-state index in [0.29, 0.717) is 13.1 Å². The Bertz CT molecular complexity index is 595. The minimum Gasteiger partial charge on any atom is -0.318 e. The van der Waals surface area contributed by atoms with Gasteiger partial charge in [0.05, 0.1) is 10.7 Å². The molecule has 1 aliphatic heterocycles. The van der Waals surface area contributed by atoms with Crippen LogP contribution in [-0.4, -0.2) is 38.9 Å². The fourth-order valence-electron chi connectivity index (χ4n) is 2.50. The van der Waals surface area contributed by atoms with Gasteiger partial charge in [-0.2, -0.15) is 12.7 Å². The SMILES string of the molecule is CNCC1CCCCN1S(=O)(=O)Nc1cc(F)ccc1Cl. The summed E-state index contributed by atoms with van der Waals surface area (Å²) >= 11 is 5.91. The van der Waals surface area contributed by atoms with Crippen LogP contribution in [-0.2, 0) is 10.2 Å². The van der Waals surface area contributed by atoms with Crippen molar-refractivity contribution in [2.24, 2.45) is 0 Å². The average molecular weight is 336 g/mol. The van der Waals surface area contributed by atoms with Crippen LogP contribution in [0.4, 0.5) is 10.1 Å². The van der Waals surface area contributed by atoms with Gasteiger partial charge < -0.3 is 5.32 Å². The summed E-state index contributed by atoms with van der Waals surface area (Å²) in [6.45, 7) is 1.03. The van der Waals surface area contributed by atoms with Gasteiger partial charge in [-0.3, -0.25) is 4.72 Å². The highest BCUT2D eigenvalue weighted by molar-refractivity contribution is 7.90. The Morgan fingerprint density at radius 2 is 2.19 bits per heavy atom. The van der Waals surface area contributed by atoms with Crippen LogP contribution in [0.2, 0.25) is 5.02 Å². The molecule has 0 aromatic heterocycles. The Hall–Kier alpha value is -0.890. The Kier molecular flexibility index (Phi) is 5.43. The van der Waals surface area contributed by atoms with E-state index in [1.807, 2.05) is 0 Å². The smallest absolute Gasteiger partial charge is 0.301 e. The third-order valence-electron chi connectivity index (χ3n) is 3.49. The molecule has 21 heavy (non-hydrogen) atoms. The molecule has 1 aromatic carbocycles. The van der Waals surface area contributed by atoms with Gasteiger partial charge in [0.2, 0.25) is 0 Å². The number of nitrogens with zero attached hydrogens (tertiary/aromatic N) is 1. The maximum Gasteiger partial charge on any atom is 0.301 e. The molecule has 0 radical (unpaired) electrons. The van der Waals surface area contributed by atoms with E-state index >= 15 is 0 Å². The number of benzene rings is 1. The fraction of sp³-hybridized carbons (Fsp3) is 0.538. The minimum absolute atomic E-state index is 0.0606. The number of rotatable bonds is 5. The molecule has 118 valence electrons. The molecular weight excluding hydrogens is 317 g/mol. The van der Waals surface area contributed by atoms with Crippen molar-refractivity contribution >= 4 is 27.5 Å². The predicted octanol–water partition coefficient (Wildman–Crippen LogP) is 2.21. The highest BCUT2D eigenvalue weighted by Gasteiger charge is 2.32. The lowest BCUT2D eigenvalue weighted by molar-refractivity contribution is 0.250. The minimum atomic E-state index is -3.75. The van der Waals surface area contributed by atoms with Gasteiger partial charge in [-0.05, 0) is 38.1 Å². The first-order chi connectivity index (χ1) is 9.94. The number of halogens is 2. The summed E-state index contributed by atoms with van der Waals surface area (Å²) < 4.78 is 42.1. The molecule has 8 heteroatoms. The molecule has 1 unspecified atom stereocenters. The van der Waals surface area contributed by atoms with E-state index in [2.05, 4.69) is 10.0 Å². The average Bonchev–Trinajstić information content (AvgIpc) is 2.43. The Balaban J connectivity index is 2.22. The standard InChI is InChI=1S/C13H19ClFN3O2S/c1-16-9-11-4-2-3-7-18(11)21(19,20)17-13-8-10(15)5-6-12(13)14/h5-6,8,11,16-17H,2-4,7,9H2,1H3. The van der Waals surface area contributed by atoms with E-state index in [0.717, 1.165) is 25.3 Å². The number of hydrogen-bond donors (Lipinski definition) is 2. The summed E-state index contributed by atoms with van der Waals surface area (Å²) in [7, 11) is -1.97. The second kappa shape index (κ2) is 6.91. The molecule has 0 aliphatic carbocycles. The van der Waals surface area contributed by atoms with Crippen LogP contribution >= 0.6 is 11.6 Å². The molecular formula is C13H19ClFN3O2S. The summed E-state index contributed by atoms with van der Waals surface area (Å²) in [5.74, 6) is -0.539. The molecule has 2 N–H and O–H groups in total. The van der Waals surface area contributed by atoms with Crippen LogP contribution in [0.3, 0.4) is 0 Å². The Morgan fingerprint density at radius 1 is 1.43 bits per heavy atom. The van der Waals surface area contributed by atoms with Crippen LogP contribution in [0.1, 0.15) is 19.3 Å². The van der Waals surface area contributed by atoms with E-state index in [4.69, 9.17) is 11.6 Å². The molecule has 1 saturated heterocycles. The summed E-state index contributed by atoms with van der Waals surface area (Å²) in [6.07, 6.45) is 2.62. The third-order valence-corrected chi connectivity index (χ3v) is 5.39. The first-order valence-corrected chi connectivity index (χ1v) is 8.65. The lowest BCUT2D eigenvalue weighted by Crippen LogP contribution is -2.49. The zero-order valence-corrected chi connectivity index (χ0v) is 13.3. The molecule has 1 aromatic rings. The fourth-order valence-corrected chi connectivity index (χ4v) is 4.23. The molecule has 1 aliphatic rings.